The van der Waals surface area contributed by atoms with Crippen molar-refractivity contribution in [3.63, 3.8) is 0 Å². The molecule has 0 spiro atoms. The van der Waals surface area contributed by atoms with Crippen molar-refractivity contribution in [1.29, 1.82) is 0 Å². The molecule has 21 heavy (non-hydrogen) atoms. The monoisotopic (exact) mass is 299 g/mol. The Morgan fingerprint density at radius 2 is 2.10 bits per heavy atom. The van der Waals surface area contributed by atoms with Crippen molar-refractivity contribution >= 4 is 28.6 Å². The van der Waals surface area contributed by atoms with E-state index < -0.39 is 5.97 Å². The van der Waals surface area contributed by atoms with Gasteiger partial charge in [0.1, 0.15) is 0 Å². The molecule has 0 aliphatic rings. The van der Waals surface area contributed by atoms with Gasteiger partial charge in [0.2, 0.25) is 5.78 Å². The van der Waals surface area contributed by atoms with Gasteiger partial charge < -0.3 is 9.14 Å². The van der Waals surface area contributed by atoms with Crippen LogP contribution >= 0.6 is 11.3 Å². The van der Waals surface area contributed by atoms with Crippen LogP contribution in [0.1, 0.15) is 32.6 Å². The topological polar surface area (TPSA) is 47.8 Å². The molecule has 3 aromatic rings. The van der Waals surface area contributed by atoms with Crippen LogP contribution in [-0.2, 0) is 4.74 Å². The van der Waals surface area contributed by atoms with Gasteiger partial charge in [-0.15, -0.1) is 11.3 Å². The molecule has 5 heteroatoms. The summed E-state index contributed by atoms with van der Waals surface area (Å²) in [5.74, 6) is -0.515. The lowest BCUT2D eigenvalue weighted by atomic mass is 10.1. The molecule has 0 radical (unpaired) electrons. The maximum atomic E-state index is 12.6. The van der Waals surface area contributed by atoms with Crippen molar-refractivity contribution < 1.29 is 14.3 Å². The molecule has 0 aliphatic heterocycles. The van der Waals surface area contributed by atoms with E-state index in [1.165, 1.54) is 11.3 Å². The summed E-state index contributed by atoms with van der Waals surface area (Å²) in [7, 11) is 0. The van der Waals surface area contributed by atoms with Crippen molar-refractivity contribution in [3.05, 3.63) is 64.1 Å². The van der Waals surface area contributed by atoms with Gasteiger partial charge in [-0.3, -0.25) is 4.79 Å². The molecule has 0 N–H and O–H groups in total. The van der Waals surface area contributed by atoms with Crippen LogP contribution in [0.25, 0.3) is 5.52 Å². The van der Waals surface area contributed by atoms with E-state index in [1.54, 1.807) is 29.5 Å². The van der Waals surface area contributed by atoms with Crippen LogP contribution < -0.4 is 0 Å². The number of rotatable bonds is 4. The van der Waals surface area contributed by atoms with E-state index >= 15 is 0 Å². The summed E-state index contributed by atoms with van der Waals surface area (Å²) in [6.45, 7) is 2.06. The van der Waals surface area contributed by atoms with Gasteiger partial charge in [-0.1, -0.05) is 6.07 Å². The smallest absolute Gasteiger partial charge is 0.338 e. The highest BCUT2D eigenvalue weighted by molar-refractivity contribution is 7.12. The zero-order valence-corrected chi connectivity index (χ0v) is 12.2. The molecular formula is C16H13NO3S. The average molecular weight is 299 g/mol. The number of fused-ring (bicyclic) bond motifs is 1. The van der Waals surface area contributed by atoms with E-state index in [0.717, 1.165) is 5.52 Å². The van der Waals surface area contributed by atoms with E-state index in [2.05, 4.69) is 0 Å². The predicted molar refractivity (Wildman–Crippen MR) is 81.1 cm³/mol. The number of esters is 1. The van der Waals surface area contributed by atoms with Crippen molar-refractivity contribution in [2.24, 2.45) is 0 Å². The number of hydrogen-bond donors (Lipinski definition) is 0. The maximum absolute atomic E-state index is 12.6. The second kappa shape index (κ2) is 5.54. The zero-order chi connectivity index (χ0) is 14.8. The highest BCUT2D eigenvalue weighted by Crippen LogP contribution is 2.19. The summed E-state index contributed by atoms with van der Waals surface area (Å²) in [6, 6.07) is 10.6. The molecule has 0 saturated heterocycles. The lowest BCUT2D eigenvalue weighted by Gasteiger charge is -2.08. The molecule has 0 aliphatic carbocycles. The minimum Gasteiger partial charge on any atom is -0.462 e. The third kappa shape index (κ3) is 2.48. The minimum absolute atomic E-state index is 0.0997. The first-order valence-electron chi connectivity index (χ1n) is 6.57. The van der Waals surface area contributed by atoms with Gasteiger partial charge in [0, 0.05) is 11.7 Å². The van der Waals surface area contributed by atoms with Gasteiger partial charge in [-0.2, -0.15) is 0 Å². The van der Waals surface area contributed by atoms with Crippen LogP contribution in [0.15, 0.2) is 48.0 Å². The number of ether oxygens (including phenoxy) is 1. The molecule has 106 valence electrons. The van der Waals surface area contributed by atoms with Crippen LogP contribution in [0.4, 0.5) is 0 Å². The fourth-order valence-electron chi connectivity index (χ4n) is 2.19. The molecular weight excluding hydrogens is 286 g/mol. The lowest BCUT2D eigenvalue weighted by molar-refractivity contribution is 0.0526. The Morgan fingerprint density at radius 3 is 2.81 bits per heavy atom. The number of thiophene rings is 1. The summed E-state index contributed by atoms with van der Waals surface area (Å²) >= 11 is 1.38. The van der Waals surface area contributed by atoms with E-state index in [9.17, 15) is 9.59 Å². The fourth-order valence-corrected chi connectivity index (χ4v) is 2.86. The molecule has 3 heterocycles. The summed E-state index contributed by atoms with van der Waals surface area (Å²) in [5, 5.41) is 1.86. The van der Waals surface area contributed by atoms with Crippen LogP contribution in [-0.4, -0.2) is 22.8 Å². The van der Waals surface area contributed by atoms with Gasteiger partial charge in [0.05, 0.1) is 22.7 Å². The normalized spacial score (nSPS) is 10.7. The number of carbonyl (C=O) groups is 2. The Bertz CT molecular complexity index is 802. The molecule has 3 aromatic heterocycles. The summed E-state index contributed by atoms with van der Waals surface area (Å²) < 4.78 is 6.80. The van der Waals surface area contributed by atoms with Gasteiger partial charge in [0.25, 0.3) is 0 Å². The Labute approximate surface area is 125 Å². The first kappa shape index (κ1) is 13.6. The van der Waals surface area contributed by atoms with Crippen molar-refractivity contribution in [3.8, 4) is 0 Å². The lowest BCUT2D eigenvalue weighted by Crippen LogP contribution is -2.11. The molecule has 0 bridgehead atoms. The summed E-state index contributed by atoms with van der Waals surface area (Å²) in [4.78, 5) is 25.2. The number of nitrogens with zero attached hydrogens (tertiary/aromatic N) is 1. The predicted octanol–water partition coefficient (Wildman–Crippen LogP) is 3.41. The Balaban J connectivity index is 2.14. The van der Waals surface area contributed by atoms with Gasteiger partial charge in [-0.05, 0) is 42.6 Å². The van der Waals surface area contributed by atoms with Crippen LogP contribution in [0.2, 0.25) is 0 Å². The van der Waals surface area contributed by atoms with Crippen molar-refractivity contribution in [2.75, 3.05) is 6.61 Å². The largest absolute Gasteiger partial charge is 0.462 e. The molecule has 3 rings (SSSR count). The number of carbonyl (C=O) groups excluding carboxylic acids is 2. The second-order valence-electron chi connectivity index (χ2n) is 4.46. The van der Waals surface area contributed by atoms with Crippen LogP contribution in [0.3, 0.4) is 0 Å². The zero-order valence-electron chi connectivity index (χ0n) is 11.4. The quantitative estimate of drug-likeness (QED) is 0.548. The van der Waals surface area contributed by atoms with Gasteiger partial charge >= 0.3 is 5.97 Å². The average Bonchev–Trinajstić information content (AvgIpc) is 3.16. The molecule has 0 unspecified atom stereocenters. The number of hydrogen-bond acceptors (Lipinski definition) is 4. The highest BCUT2D eigenvalue weighted by Gasteiger charge is 2.17. The van der Waals surface area contributed by atoms with Crippen LogP contribution in [0.5, 0.6) is 0 Å². The number of aromatic nitrogens is 1. The molecule has 0 atom stereocenters. The summed E-state index contributed by atoms with van der Waals surface area (Å²) in [6.07, 6.45) is 1.81. The molecule has 0 fully saturated rings. The van der Waals surface area contributed by atoms with Gasteiger partial charge in [0.15, 0.2) is 0 Å². The van der Waals surface area contributed by atoms with E-state index in [4.69, 9.17) is 4.74 Å². The number of ketones is 1. The standard InChI is InChI=1S/C16H13NO3S/c1-2-20-16(19)11-9-12-5-3-7-17(12)13(10-11)15(18)14-6-4-8-21-14/h3-10H,2H2,1H3. The van der Waals surface area contributed by atoms with Gasteiger partial charge in [-0.25, -0.2) is 4.79 Å². The second-order valence-corrected chi connectivity index (χ2v) is 5.41. The van der Waals surface area contributed by atoms with E-state index in [1.807, 2.05) is 29.8 Å². The maximum Gasteiger partial charge on any atom is 0.338 e. The highest BCUT2D eigenvalue weighted by atomic mass is 32.1. The number of pyridine rings is 1. The van der Waals surface area contributed by atoms with Crippen molar-refractivity contribution in [2.45, 2.75) is 6.92 Å². The third-order valence-electron chi connectivity index (χ3n) is 3.12. The molecule has 4 nitrogen and oxygen atoms in total. The molecule has 0 saturated carbocycles. The Morgan fingerprint density at radius 1 is 1.24 bits per heavy atom. The van der Waals surface area contributed by atoms with E-state index in [0.29, 0.717) is 22.7 Å². The Kier molecular flexibility index (Phi) is 3.58. The first-order chi connectivity index (χ1) is 10.2. The third-order valence-corrected chi connectivity index (χ3v) is 3.99. The first-order valence-corrected chi connectivity index (χ1v) is 7.45. The Hall–Kier alpha value is -2.40. The van der Waals surface area contributed by atoms with Crippen LogP contribution in [0, 0.1) is 0 Å². The van der Waals surface area contributed by atoms with E-state index in [-0.39, 0.29) is 5.78 Å². The molecule has 0 aromatic carbocycles. The molecule has 0 amide bonds. The fraction of sp³-hybridized carbons (Fsp3) is 0.125. The summed E-state index contributed by atoms with van der Waals surface area (Å²) in [5.41, 5.74) is 1.64. The SMILES string of the molecule is CCOC(=O)c1cc(C(=O)c2cccs2)n2cccc2c1. The van der Waals surface area contributed by atoms with Crippen molar-refractivity contribution in [1.82, 2.24) is 4.40 Å². The minimum atomic E-state index is -0.415.